The largest absolute Gasteiger partial charge is 0.480 e. The number of rotatable bonds is 3. The molecule has 4 nitrogen and oxygen atoms in total. The Morgan fingerprint density at radius 2 is 2.31 bits per heavy atom. The first kappa shape index (κ1) is 9.38. The fourth-order valence-corrected chi connectivity index (χ4v) is 0.868. The van der Waals surface area contributed by atoms with Gasteiger partial charge in [0.1, 0.15) is 0 Å². The van der Waals surface area contributed by atoms with E-state index in [0.717, 1.165) is 5.56 Å². The molecule has 0 amide bonds. The highest BCUT2D eigenvalue weighted by Crippen LogP contribution is 2.13. The van der Waals surface area contributed by atoms with Crippen LogP contribution in [0.3, 0.4) is 0 Å². The van der Waals surface area contributed by atoms with Crippen LogP contribution in [0, 0.1) is 6.92 Å². The van der Waals surface area contributed by atoms with Gasteiger partial charge in [-0.15, -0.1) is 0 Å². The molecule has 0 heterocycles. The number of hydrogen-bond donors (Lipinski definition) is 1. The van der Waals surface area contributed by atoms with Crippen molar-refractivity contribution < 1.29 is 9.90 Å². The molecule has 0 atom stereocenters. The minimum Gasteiger partial charge on any atom is -0.480 e. The maximum absolute atomic E-state index is 10.1. The van der Waals surface area contributed by atoms with Crippen molar-refractivity contribution in [2.75, 3.05) is 6.54 Å². The zero-order valence-corrected chi connectivity index (χ0v) is 7.27. The average Bonchev–Trinajstić information content (AvgIpc) is 2.03. The number of aliphatic carboxylic acids is 1. The summed E-state index contributed by atoms with van der Waals surface area (Å²) in [5, 5.41) is 15.6. The number of benzene rings is 1. The molecule has 0 bridgehead atoms. The summed E-state index contributed by atoms with van der Waals surface area (Å²) in [7, 11) is 0. The molecule has 0 radical (unpaired) electrons. The van der Waals surface area contributed by atoms with Gasteiger partial charge >= 0.3 is 5.97 Å². The molecule has 0 saturated carbocycles. The van der Waals surface area contributed by atoms with Crippen molar-refractivity contribution in [1.29, 1.82) is 0 Å². The third kappa shape index (κ3) is 3.46. The second kappa shape index (κ2) is 4.35. The Hall–Kier alpha value is -1.71. The van der Waals surface area contributed by atoms with Gasteiger partial charge in [0.2, 0.25) is 0 Å². The van der Waals surface area contributed by atoms with Gasteiger partial charge < -0.3 is 5.11 Å². The lowest BCUT2D eigenvalue weighted by molar-refractivity contribution is -0.135. The molecule has 1 aromatic rings. The van der Waals surface area contributed by atoms with E-state index in [1.807, 2.05) is 25.1 Å². The lowest BCUT2D eigenvalue weighted by atomic mass is 10.2. The first-order valence-electron chi connectivity index (χ1n) is 3.84. The molecule has 0 unspecified atom stereocenters. The Morgan fingerprint density at radius 3 is 2.92 bits per heavy atom. The highest BCUT2D eigenvalue weighted by molar-refractivity contribution is 5.69. The van der Waals surface area contributed by atoms with Crippen LogP contribution in [0.4, 0.5) is 5.69 Å². The summed E-state index contributed by atoms with van der Waals surface area (Å²) in [6.07, 6.45) is 0. The van der Waals surface area contributed by atoms with Crippen LogP contribution in [-0.2, 0) is 4.79 Å². The van der Waals surface area contributed by atoms with Crippen molar-refractivity contribution >= 4 is 11.7 Å². The first-order valence-corrected chi connectivity index (χ1v) is 3.84. The van der Waals surface area contributed by atoms with Gasteiger partial charge in [-0.05, 0) is 24.6 Å². The van der Waals surface area contributed by atoms with Crippen LogP contribution in [0.25, 0.3) is 0 Å². The minimum atomic E-state index is -0.976. The highest BCUT2D eigenvalue weighted by Gasteiger charge is 1.92. The van der Waals surface area contributed by atoms with Crippen LogP contribution in [0.15, 0.2) is 34.5 Å². The fourth-order valence-electron chi connectivity index (χ4n) is 0.868. The van der Waals surface area contributed by atoms with E-state index in [1.54, 1.807) is 6.07 Å². The molecule has 0 saturated heterocycles. The van der Waals surface area contributed by atoms with Gasteiger partial charge in [-0.25, -0.2) is 0 Å². The monoisotopic (exact) mass is 178 g/mol. The van der Waals surface area contributed by atoms with E-state index in [9.17, 15) is 4.79 Å². The predicted molar refractivity (Wildman–Crippen MR) is 48.2 cm³/mol. The lowest BCUT2D eigenvalue weighted by Crippen LogP contribution is -1.97. The van der Waals surface area contributed by atoms with Gasteiger partial charge in [-0.1, -0.05) is 12.1 Å². The number of aryl methyl sites for hydroxylation is 1. The van der Waals surface area contributed by atoms with E-state index in [1.165, 1.54) is 0 Å². The second-order valence-electron chi connectivity index (χ2n) is 2.63. The van der Waals surface area contributed by atoms with Crippen molar-refractivity contribution in [3.8, 4) is 0 Å². The maximum atomic E-state index is 10.1. The molecule has 0 aliphatic rings. The van der Waals surface area contributed by atoms with E-state index in [4.69, 9.17) is 5.11 Å². The normalized spacial score (nSPS) is 10.5. The SMILES string of the molecule is Cc1cccc(N=NCC(=O)O)c1. The van der Waals surface area contributed by atoms with Crippen LogP contribution < -0.4 is 0 Å². The fraction of sp³-hybridized carbons (Fsp3) is 0.222. The van der Waals surface area contributed by atoms with Crippen molar-refractivity contribution in [2.45, 2.75) is 6.92 Å². The van der Waals surface area contributed by atoms with Crippen LogP contribution in [-0.4, -0.2) is 17.6 Å². The number of hydrogen-bond acceptors (Lipinski definition) is 3. The smallest absolute Gasteiger partial charge is 0.327 e. The number of nitrogens with zero attached hydrogens (tertiary/aromatic N) is 2. The molecule has 0 aliphatic carbocycles. The van der Waals surface area contributed by atoms with Gasteiger partial charge in [-0.2, -0.15) is 10.2 Å². The van der Waals surface area contributed by atoms with E-state index < -0.39 is 5.97 Å². The summed E-state index contributed by atoms with van der Waals surface area (Å²) < 4.78 is 0. The van der Waals surface area contributed by atoms with E-state index in [2.05, 4.69) is 10.2 Å². The Labute approximate surface area is 75.9 Å². The predicted octanol–water partition coefficient (Wildman–Crippen LogP) is 2.16. The zero-order chi connectivity index (χ0) is 9.68. The topological polar surface area (TPSA) is 62.0 Å². The molecule has 0 aromatic heterocycles. The van der Waals surface area contributed by atoms with E-state index in [0.29, 0.717) is 5.69 Å². The highest BCUT2D eigenvalue weighted by atomic mass is 16.4. The van der Waals surface area contributed by atoms with Gasteiger partial charge in [0, 0.05) is 0 Å². The van der Waals surface area contributed by atoms with Gasteiger partial charge in [0.15, 0.2) is 6.54 Å². The number of carbonyl (C=O) groups is 1. The van der Waals surface area contributed by atoms with E-state index >= 15 is 0 Å². The standard InChI is InChI=1S/C9H10N2O2/c1-7-3-2-4-8(5-7)11-10-6-9(12)13/h2-5H,6H2,1H3,(H,12,13). The number of carboxylic acid groups (broad SMARTS) is 1. The van der Waals surface area contributed by atoms with Gasteiger partial charge in [0.25, 0.3) is 0 Å². The Bertz CT molecular complexity index is 334. The summed E-state index contributed by atoms with van der Waals surface area (Å²) in [4.78, 5) is 10.1. The first-order chi connectivity index (χ1) is 6.18. The van der Waals surface area contributed by atoms with Crippen LogP contribution >= 0.6 is 0 Å². The summed E-state index contributed by atoms with van der Waals surface area (Å²) in [5.74, 6) is -0.976. The van der Waals surface area contributed by atoms with Crippen molar-refractivity contribution in [1.82, 2.24) is 0 Å². The Morgan fingerprint density at radius 1 is 1.54 bits per heavy atom. The molecule has 13 heavy (non-hydrogen) atoms. The molecule has 0 aliphatic heterocycles. The number of azo groups is 1. The molecule has 1 rings (SSSR count). The van der Waals surface area contributed by atoms with Gasteiger partial charge in [-0.3, -0.25) is 4.79 Å². The Kier molecular flexibility index (Phi) is 3.14. The molecule has 1 aromatic carbocycles. The summed E-state index contributed by atoms with van der Waals surface area (Å²) >= 11 is 0. The second-order valence-corrected chi connectivity index (χ2v) is 2.63. The summed E-state index contributed by atoms with van der Waals surface area (Å²) in [6, 6.07) is 7.41. The molecular formula is C9H10N2O2. The maximum Gasteiger partial charge on any atom is 0.327 e. The average molecular weight is 178 g/mol. The molecule has 1 N–H and O–H groups in total. The van der Waals surface area contributed by atoms with Crippen LogP contribution in [0.5, 0.6) is 0 Å². The number of carboxylic acids is 1. The third-order valence-corrected chi connectivity index (χ3v) is 1.39. The molecule has 4 heteroatoms. The van der Waals surface area contributed by atoms with Crippen LogP contribution in [0.2, 0.25) is 0 Å². The summed E-state index contributed by atoms with van der Waals surface area (Å²) in [6.45, 7) is 1.66. The van der Waals surface area contributed by atoms with Crippen LogP contribution in [0.1, 0.15) is 5.56 Å². The van der Waals surface area contributed by atoms with Crippen molar-refractivity contribution in [3.63, 3.8) is 0 Å². The minimum absolute atomic E-state index is 0.284. The molecule has 0 spiro atoms. The molecule has 0 fully saturated rings. The quantitative estimate of drug-likeness (QED) is 0.721. The Balaban J connectivity index is 2.63. The lowest BCUT2D eigenvalue weighted by Gasteiger charge is -1.92. The van der Waals surface area contributed by atoms with E-state index in [-0.39, 0.29) is 6.54 Å². The van der Waals surface area contributed by atoms with Gasteiger partial charge in [0.05, 0.1) is 5.69 Å². The molecular weight excluding hydrogens is 168 g/mol. The van der Waals surface area contributed by atoms with Crippen molar-refractivity contribution in [3.05, 3.63) is 29.8 Å². The zero-order valence-electron chi connectivity index (χ0n) is 7.27. The molecule has 68 valence electrons. The summed E-state index contributed by atoms with van der Waals surface area (Å²) in [5.41, 5.74) is 1.76. The third-order valence-electron chi connectivity index (χ3n) is 1.39. The van der Waals surface area contributed by atoms with Crippen molar-refractivity contribution in [2.24, 2.45) is 10.2 Å².